The largest absolute Gasteiger partial charge is 0.477 e. The molecule has 5 rings (SSSR count). The van der Waals surface area contributed by atoms with Gasteiger partial charge in [0.2, 0.25) is 0 Å². The maximum atomic E-state index is 12.6. The third-order valence-electron chi connectivity index (χ3n) is 6.88. The predicted molar refractivity (Wildman–Crippen MR) is 111 cm³/mol. The Morgan fingerprint density at radius 1 is 1.10 bits per heavy atom. The van der Waals surface area contributed by atoms with E-state index < -0.39 is 5.97 Å². The number of amides is 1. The van der Waals surface area contributed by atoms with Crippen molar-refractivity contribution in [1.82, 2.24) is 4.90 Å². The number of ether oxygens (including phenoxy) is 1. The summed E-state index contributed by atoms with van der Waals surface area (Å²) in [6.45, 7) is 2.41. The van der Waals surface area contributed by atoms with Crippen LogP contribution in [0.1, 0.15) is 53.3 Å². The van der Waals surface area contributed by atoms with Crippen molar-refractivity contribution in [3.8, 4) is 10.4 Å². The Hall–Kier alpha value is -2.18. The van der Waals surface area contributed by atoms with Gasteiger partial charge >= 0.3 is 5.97 Å². The summed E-state index contributed by atoms with van der Waals surface area (Å²) in [6, 6.07) is 12.1. The molecule has 1 aromatic carbocycles. The first-order chi connectivity index (χ1) is 14.1. The SMILES string of the molecule is O=C(O)c1ccc(-c2ccc([C@H]3CC34CCN(C(=O)[C@H]3CCCO3)CC4)cc2)s1. The van der Waals surface area contributed by atoms with Gasteiger partial charge in [0.15, 0.2) is 0 Å². The Labute approximate surface area is 174 Å². The minimum Gasteiger partial charge on any atom is -0.477 e. The molecular formula is C23H25NO4S. The smallest absolute Gasteiger partial charge is 0.345 e. The molecule has 1 aliphatic carbocycles. The molecule has 3 heterocycles. The average Bonchev–Trinajstić information content (AvgIpc) is 3.17. The number of hydrogen-bond acceptors (Lipinski definition) is 4. The van der Waals surface area contributed by atoms with Crippen molar-refractivity contribution in [1.29, 1.82) is 0 Å². The molecule has 1 spiro atoms. The normalized spacial score (nSPS) is 25.3. The highest BCUT2D eigenvalue weighted by atomic mass is 32.1. The summed E-state index contributed by atoms with van der Waals surface area (Å²) in [7, 11) is 0. The van der Waals surface area contributed by atoms with Gasteiger partial charge in [-0.05, 0) is 66.7 Å². The molecule has 2 aliphatic heterocycles. The zero-order valence-corrected chi connectivity index (χ0v) is 17.1. The molecule has 1 aromatic heterocycles. The fourth-order valence-electron chi connectivity index (χ4n) is 5.01. The number of carboxylic acids is 1. The van der Waals surface area contributed by atoms with Crippen LogP contribution in [0.3, 0.4) is 0 Å². The molecule has 1 saturated carbocycles. The van der Waals surface area contributed by atoms with Crippen LogP contribution in [0.25, 0.3) is 10.4 Å². The van der Waals surface area contributed by atoms with Crippen molar-refractivity contribution in [2.45, 2.75) is 44.1 Å². The van der Waals surface area contributed by atoms with Crippen LogP contribution < -0.4 is 0 Å². The van der Waals surface area contributed by atoms with Gasteiger partial charge in [0.1, 0.15) is 11.0 Å². The monoisotopic (exact) mass is 411 g/mol. The number of carbonyl (C=O) groups excluding carboxylic acids is 1. The quantitative estimate of drug-likeness (QED) is 0.810. The van der Waals surface area contributed by atoms with Crippen LogP contribution in [0.5, 0.6) is 0 Å². The Balaban J connectivity index is 1.21. The van der Waals surface area contributed by atoms with Crippen molar-refractivity contribution in [3.63, 3.8) is 0 Å². The molecule has 6 heteroatoms. The topological polar surface area (TPSA) is 66.8 Å². The van der Waals surface area contributed by atoms with Gasteiger partial charge in [-0.25, -0.2) is 4.79 Å². The van der Waals surface area contributed by atoms with E-state index in [1.165, 1.54) is 23.3 Å². The van der Waals surface area contributed by atoms with Gasteiger partial charge in [-0.2, -0.15) is 0 Å². The lowest BCUT2D eigenvalue weighted by molar-refractivity contribution is -0.142. The highest BCUT2D eigenvalue weighted by molar-refractivity contribution is 7.17. The molecule has 3 fully saturated rings. The van der Waals surface area contributed by atoms with E-state index in [1.807, 2.05) is 11.0 Å². The van der Waals surface area contributed by atoms with Crippen LogP contribution in [0.4, 0.5) is 0 Å². The molecule has 0 radical (unpaired) electrons. The lowest BCUT2D eigenvalue weighted by Gasteiger charge is -2.34. The second kappa shape index (κ2) is 7.26. The molecule has 1 amide bonds. The van der Waals surface area contributed by atoms with E-state index in [1.54, 1.807) is 6.07 Å². The molecule has 5 nitrogen and oxygen atoms in total. The molecule has 2 atom stereocenters. The standard InChI is InChI=1S/C23H25NO4S/c25-21(18-2-1-13-28-18)24-11-9-23(10-12-24)14-17(23)15-3-5-16(6-4-15)19-7-8-20(29-19)22(26)27/h3-8,17-18H,1-2,9-14H2,(H,26,27)/t17-,18-/m1/s1. The zero-order chi connectivity index (χ0) is 20.0. The number of aromatic carboxylic acids is 1. The lowest BCUT2D eigenvalue weighted by atomic mass is 9.88. The molecular weight excluding hydrogens is 386 g/mol. The van der Waals surface area contributed by atoms with Gasteiger partial charge in [0, 0.05) is 24.6 Å². The molecule has 2 aromatic rings. The average molecular weight is 412 g/mol. The van der Waals surface area contributed by atoms with E-state index in [9.17, 15) is 9.59 Å². The fraction of sp³-hybridized carbons (Fsp3) is 0.478. The third-order valence-corrected chi connectivity index (χ3v) is 8.00. The molecule has 2 saturated heterocycles. The Morgan fingerprint density at radius 3 is 2.48 bits per heavy atom. The highest BCUT2D eigenvalue weighted by Gasteiger charge is 2.55. The van der Waals surface area contributed by atoms with Gasteiger partial charge in [0.25, 0.3) is 5.91 Å². The minimum absolute atomic E-state index is 0.190. The van der Waals surface area contributed by atoms with Crippen LogP contribution >= 0.6 is 11.3 Å². The summed E-state index contributed by atoms with van der Waals surface area (Å²) in [5.41, 5.74) is 2.79. The van der Waals surface area contributed by atoms with Gasteiger partial charge < -0.3 is 14.7 Å². The van der Waals surface area contributed by atoms with Gasteiger partial charge in [-0.3, -0.25) is 4.79 Å². The van der Waals surface area contributed by atoms with Crippen LogP contribution in [-0.2, 0) is 9.53 Å². The first kappa shape index (κ1) is 18.8. The summed E-state index contributed by atoms with van der Waals surface area (Å²) in [5.74, 6) is -0.105. The van der Waals surface area contributed by atoms with Gasteiger partial charge in [-0.1, -0.05) is 24.3 Å². The van der Waals surface area contributed by atoms with E-state index in [2.05, 4.69) is 24.3 Å². The van der Waals surface area contributed by atoms with Crippen molar-refractivity contribution >= 4 is 23.2 Å². The van der Waals surface area contributed by atoms with Crippen molar-refractivity contribution in [2.24, 2.45) is 5.41 Å². The number of benzene rings is 1. The van der Waals surface area contributed by atoms with E-state index in [-0.39, 0.29) is 12.0 Å². The predicted octanol–water partition coefficient (Wildman–Crippen LogP) is 4.39. The minimum atomic E-state index is -0.873. The maximum Gasteiger partial charge on any atom is 0.345 e. The number of nitrogens with zero attached hydrogens (tertiary/aromatic N) is 1. The fourth-order valence-corrected chi connectivity index (χ4v) is 5.86. The lowest BCUT2D eigenvalue weighted by Crippen LogP contribution is -2.44. The Bertz CT molecular complexity index is 921. The summed E-state index contributed by atoms with van der Waals surface area (Å²) < 4.78 is 5.57. The first-order valence-electron chi connectivity index (χ1n) is 10.4. The van der Waals surface area contributed by atoms with E-state index in [0.717, 1.165) is 55.8 Å². The Morgan fingerprint density at radius 2 is 1.86 bits per heavy atom. The van der Waals surface area contributed by atoms with Crippen LogP contribution in [0, 0.1) is 5.41 Å². The molecule has 0 unspecified atom stereocenters. The second-order valence-corrected chi connectivity index (χ2v) is 9.62. The zero-order valence-electron chi connectivity index (χ0n) is 16.3. The van der Waals surface area contributed by atoms with Crippen molar-refractivity contribution in [2.75, 3.05) is 19.7 Å². The molecule has 152 valence electrons. The first-order valence-corrected chi connectivity index (χ1v) is 11.2. The number of carbonyl (C=O) groups is 2. The number of hydrogen-bond donors (Lipinski definition) is 1. The van der Waals surface area contributed by atoms with Gasteiger partial charge in [0.05, 0.1) is 0 Å². The number of carboxylic acid groups (broad SMARTS) is 1. The summed E-state index contributed by atoms with van der Waals surface area (Å²) in [6.07, 6.45) is 5.01. The maximum absolute atomic E-state index is 12.6. The molecule has 1 N–H and O–H groups in total. The number of rotatable bonds is 4. The van der Waals surface area contributed by atoms with Crippen LogP contribution in [0.15, 0.2) is 36.4 Å². The van der Waals surface area contributed by atoms with Crippen LogP contribution in [-0.4, -0.2) is 47.7 Å². The summed E-state index contributed by atoms with van der Waals surface area (Å²) in [5, 5.41) is 9.10. The Kier molecular flexibility index (Phi) is 4.71. The number of piperidine rings is 1. The second-order valence-electron chi connectivity index (χ2n) is 8.54. The summed E-state index contributed by atoms with van der Waals surface area (Å²) >= 11 is 1.31. The van der Waals surface area contributed by atoms with E-state index in [0.29, 0.717) is 16.2 Å². The molecule has 0 bridgehead atoms. The van der Waals surface area contributed by atoms with E-state index in [4.69, 9.17) is 9.84 Å². The van der Waals surface area contributed by atoms with E-state index >= 15 is 0 Å². The van der Waals surface area contributed by atoms with Gasteiger partial charge in [-0.15, -0.1) is 11.3 Å². The molecule has 3 aliphatic rings. The summed E-state index contributed by atoms with van der Waals surface area (Å²) in [4.78, 5) is 27.0. The van der Waals surface area contributed by atoms with Crippen LogP contribution in [0.2, 0.25) is 0 Å². The van der Waals surface area contributed by atoms with Crippen molar-refractivity contribution < 1.29 is 19.4 Å². The number of thiophene rings is 1. The highest BCUT2D eigenvalue weighted by Crippen LogP contribution is 2.65. The third kappa shape index (κ3) is 3.49. The van der Waals surface area contributed by atoms with Crippen molar-refractivity contribution in [3.05, 3.63) is 46.8 Å². The molecule has 29 heavy (non-hydrogen) atoms. The number of likely N-dealkylation sites (tertiary alicyclic amines) is 1.